The quantitative estimate of drug-likeness (QED) is 0.205. The summed E-state index contributed by atoms with van der Waals surface area (Å²) in [7, 11) is 0. The predicted molar refractivity (Wildman–Crippen MR) is 138 cm³/mol. The SMILES string of the molecule is Cc1ccc(-n2c(=O)ccc3cnc4ccc(-n5cccn5)cc4c32)cc1NC(=O)/C=C/CBr. The molecule has 8 heteroatoms. The molecule has 0 spiro atoms. The number of nitrogens with zero attached hydrogens (tertiary/aromatic N) is 4. The van der Waals surface area contributed by atoms with E-state index < -0.39 is 0 Å². The molecule has 1 N–H and O–H groups in total. The molecule has 7 nitrogen and oxygen atoms in total. The van der Waals surface area contributed by atoms with Crippen molar-refractivity contribution in [3.8, 4) is 11.4 Å². The van der Waals surface area contributed by atoms with Crippen LogP contribution < -0.4 is 10.9 Å². The number of halogens is 1. The second kappa shape index (κ2) is 9.07. The molecule has 3 heterocycles. The number of alkyl halides is 1. The third-order valence-electron chi connectivity index (χ3n) is 5.57. The monoisotopic (exact) mass is 513 g/mol. The van der Waals surface area contributed by atoms with Gasteiger partial charge in [0, 0.05) is 52.5 Å². The molecule has 2 aromatic carbocycles. The smallest absolute Gasteiger partial charge is 0.255 e. The van der Waals surface area contributed by atoms with Crippen molar-refractivity contribution < 1.29 is 4.79 Å². The molecule has 0 aliphatic carbocycles. The number of hydrogen-bond donors (Lipinski definition) is 1. The van der Waals surface area contributed by atoms with Crippen LogP contribution in [0.5, 0.6) is 0 Å². The second-order valence-electron chi connectivity index (χ2n) is 7.77. The maximum absolute atomic E-state index is 13.2. The van der Waals surface area contributed by atoms with Crippen LogP contribution in [0.2, 0.25) is 0 Å². The molecule has 0 saturated heterocycles. The highest BCUT2D eigenvalue weighted by molar-refractivity contribution is 9.09. The lowest BCUT2D eigenvalue weighted by Gasteiger charge is -2.15. The van der Waals surface area contributed by atoms with Gasteiger partial charge >= 0.3 is 0 Å². The number of nitrogens with one attached hydrogen (secondary N) is 1. The van der Waals surface area contributed by atoms with Gasteiger partial charge in [0.25, 0.3) is 5.56 Å². The molecule has 0 aliphatic heterocycles. The van der Waals surface area contributed by atoms with Crippen molar-refractivity contribution in [2.24, 2.45) is 0 Å². The molecule has 5 rings (SSSR count). The van der Waals surface area contributed by atoms with Crippen LogP contribution in [0.15, 0.2) is 90.1 Å². The first-order valence-electron chi connectivity index (χ1n) is 10.6. The first kappa shape index (κ1) is 21.8. The van der Waals surface area contributed by atoms with Gasteiger partial charge in [-0.25, -0.2) is 4.68 Å². The van der Waals surface area contributed by atoms with E-state index in [-0.39, 0.29) is 11.5 Å². The summed E-state index contributed by atoms with van der Waals surface area (Å²) >= 11 is 3.27. The zero-order chi connectivity index (χ0) is 23.7. The Hall–Kier alpha value is -4.04. The minimum Gasteiger partial charge on any atom is -0.322 e. The molecule has 0 radical (unpaired) electrons. The Labute approximate surface area is 203 Å². The average Bonchev–Trinajstić information content (AvgIpc) is 3.39. The van der Waals surface area contributed by atoms with Gasteiger partial charge in [-0.05, 0) is 55.0 Å². The zero-order valence-corrected chi connectivity index (χ0v) is 19.9. The molecular weight excluding hydrogens is 494 g/mol. The minimum atomic E-state index is -0.233. The number of benzene rings is 2. The van der Waals surface area contributed by atoms with Crippen LogP contribution in [0.3, 0.4) is 0 Å². The summed E-state index contributed by atoms with van der Waals surface area (Å²) < 4.78 is 3.43. The molecule has 0 saturated carbocycles. The van der Waals surface area contributed by atoms with E-state index in [4.69, 9.17) is 0 Å². The number of amides is 1. The molecule has 0 unspecified atom stereocenters. The molecule has 168 valence electrons. The maximum atomic E-state index is 13.2. The summed E-state index contributed by atoms with van der Waals surface area (Å²) in [6.45, 7) is 1.91. The highest BCUT2D eigenvalue weighted by Crippen LogP contribution is 2.28. The largest absolute Gasteiger partial charge is 0.322 e. The summed E-state index contributed by atoms with van der Waals surface area (Å²) in [5.74, 6) is -0.233. The number of pyridine rings is 2. The lowest BCUT2D eigenvalue weighted by molar-refractivity contribution is -0.111. The molecule has 0 fully saturated rings. The number of carbonyl (C=O) groups excluding carboxylic acids is 1. The van der Waals surface area contributed by atoms with E-state index in [1.165, 1.54) is 12.1 Å². The molecule has 5 aromatic rings. The highest BCUT2D eigenvalue weighted by Gasteiger charge is 2.13. The third kappa shape index (κ3) is 4.04. The second-order valence-corrected chi connectivity index (χ2v) is 8.41. The van der Waals surface area contributed by atoms with E-state index in [1.54, 1.807) is 33.8 Å². The Kier molecular flexibility index (Phi) is 5.81. The van der Waals surface area contributed by atoms with Gasteiger partial charge in [-0.1, -0.05) is 28.1 Å². The van der Waals surface area contributed by atoms with Crippen molar-refractivity contribution >= 4 is 49.3 Å². The normalized spacial score (nSPS) is 11.5. The van der Waals surface area contributed by atoms with E-state index in [1.807, 2.05) is 55.6 Å². The van der Waals surface area contributed by atoms with Crippen LogP contribution in [0.25, 0.3) is 33.2 Å². The lowest BCUT2D eigenvalue weighted by Crippen LogP contribution is -2.18. The number of rotatable bonds is 5. The predicted octanol–water partition coefficient (Wildman–Crippen LogP) is 4.92. The van der Waals surface area contributed by atoms with E-state index in [0.29, 0.717) is 16.7 Å². The Morgan fingerprint density at radius 2 is 1.97 bits per heavy atom. The van der Waals surface area contributed by atoms with Gasteiger partial charge < -0.3 is 5.32 Å². The van der Waals surface area contributed by atoms with Crippen LogP contribution >= 0.6 is 15.9 Å². The number of carbonyl (C=O) groups is 1. The van der Waals surface area contributed by atoms with Crippen molar-refractivity contribution in [1.29, 1.82) is 0 Å². The molecule has 0 atom stereocenters. The Morgan fingerprint density at radius 1 is 1.12 bits per heavy atom. The fourth-order valence-corrected chi connectivity index (χ4v) is 4.12. The van der Waals surface area contributed by atoms with Crippen LogP contribution in [0.4, 0.5) is 5.69 Å². The van der Waals surface area contributed by atoms with Gasteiger partial charge in [-0.2, -0.15) is 5.10 Å². The fourth-order valence-electron chi connectivity index (χ4n) is 3.93. The number of aromatic nitrogens is 4. The molecule has 0 aliphatic rings. The minimum absolute atomic E-state index is 0.176. The summed E-state index contributed by atoms with van der Waals surface area (Å²) in [6.07, 6.45) is 8.55. The van der Waals surface area contributed by atoms with Gasteiger partial charge in [0.2, 0.25) is 5.91 Å². The standard InChI is InChI=1S/C26H20BrN5O2/c1-17-5-7-20(15-23(17)30-24(33)4-2-11-27)32-25(34)10-6-18-16-28-22-9-8-19(14-21(22)26(18)32)31-13-3-12-29-31/h2-10,12-16H,11H2,1H3,(H,30,33)/b4-2+. The van der Waals surface area contributed by atoms with Crippen molar-refractivity contribution in [2.45, 2.75) is 6.92 Å². The highest BCUT2D eigenvalue weighted by atomic mass is 79.9. The topological polar surface area (TPSA) is 81.8 Å². The van der Waals surface area contributed by atoms with E-state index in [0.717, 1.165) is 33.1 Å². The molecule has 0 bridgehead atoms. The van der Waals surface area contributed by atoms with E-state index in [9.17, 15) is 9.59 Å². The van der Waals surface area contributed by atoms with Gasteiger partial charge in [0.1, 0.15) is 0 Å². The first-order chi connectivity index (χ1) is 16.5. The first-order valence-corrected chi connectivity index (χ1v) is 11.8. The number of aryl methyl sites for hydroxylation is 1. The Morgan fingerprint density at radius 3 is 2.76 bits per heavy atom. The maximum Gasteiger partial charge on any atom is 0.255 e. The summed E-state index contributed by atoms with van der Waals surface area (Å²) in [5, 5.41) is 9.47. The van der Waals surface area contributed by atoms with Gasteiger partial charge in [-0.3, -0.25) is 19.1 Å². The van der Waals surface area contributed by atoms with E-state index in [2.05, 4.69) is 31.3 Å². The average molecular weight is 514 g/mol. The summed E-state index contributed by atoms with van der Waals surface area (Å²) in [6, 6.07) is 16.6. The van der Waals surface area contributed by atoms with Crippen molar-refractivity contribution in [3.05, 3.63) is 101 Å². The lowest BCUT2D eigenvalue weighted by atomic mass is 10.1. The van der Waals surface area contributed by atoms with E-state index >= 15 is 0 Å². The van der Waals surface area contributed by atoms with Crippen LogP contribution in [0.1, 0.15) is 5.56 Å². The Balaban J connectivity index is 1.74. The van der Waals surface area contributed by atoms with Crippen molar-refractivity contribution in [1.82, 2.24) is 19.3 Å². The van der Waals surface area contributed by atoms with Crippen molar-refractivity contribution in [2.75, 3.05) is 10.6 Å². The third-order valence-corrected chi connectivity index (χ3v) is 5.94. The summed E-state index contributed by atoms with van der Waals surface area (Å²) in [5.41, 5.74) is 4.38. The summed E-state index contributed by atoms with van der Waals surface area (Å²) in [4.78, 5) is 30.0. The zero-order valence-electron chi connectivity index (χ0n) is 18.3. The fraction of sp³-hybridized carbons (Fsp3) is 0.0769. The molecule has 3 aromatic heterocycles. The van der Waals surface area contributed by atoms with Gasteiger partial charge in [-0.15, -0.1) is 0 Å². The molecule has 34 heavy (non-hydrogen) atoms. The Bertz CT molecular complexity index is 1620. The number of anilines is 1. The van der Waals surface area contributed by atoms with Crippen molar-refractivity contribution in [3.63, 3.8) is 0 Å². The van der Waals surface area contributed by atoms with Crippen LogP contribution in [-0.2, 0) is 4.79 Å². The number of hydrogen-bond acceptors (Lipinski definition) is 4. The number of allylic oxidation sites excluding steroid dienone is 1. The van der Waals surface area contributed by atoms with Crippen LogP contribution in [0, 0.1) is 6.92 Å². The molecular formula is C26H20BrN5O2. The van der Waals surface area contributed by atoms with Gasteiger partial charge in [0.05, 0.1) is 22.4 Å². The number of fused-ring (bicyclic) bond motifs is 3. The van der Waals surface area contributed by atoms with Crippen LogP contribution in [-0.4, -0.2) is 30.6 Å². The molecule has 1 amide bonds. The van der Waals surface area contributed by atoms with Gasteiger partial charge in [0.15, 0.2) is 0 Å².